The van der Waals surface area contributed by atoms with E-state index in [1.807, 2.05) is 44.2 Å². The molecule has 1 aliphatic rings. The van der Waals surface area contributed by atoms with Gasteiger partial charge in [0.1, 0.15) is 0 Å². The van der Waals surface area contributed by atoms with Crippen LogP contribution in [-0.4, -0.2) is 29.1 Å². The fourth-order valence-electron chi connectivity index (χ4n) is 3.88. The van der Waals surface area contributed by atoms with Gasteiger partial charge in [0.15, 0.2) is 0 Å². The van der Waals surface area contributed by atoms with Crippen molar-refractivity contribution in [2.24, 2.45) is 0 Å². The van der Waals surface area contributed by atoms with E-state index in [4.69, 9.17) is 0 Å². The van der Waals surface area contributed by atoms with Crippen LogP contribution in [0.5, 0.6) is 0 Å². The van der Waals surface area contributed by atoms with Gasteiger partial charge in [-0.3, -0.25) is 4.79 Å². The zero-order valence-corrected chi connectivity index (χ0v) is 17.0. The molecule has 0 radical (unpaired) electrons. The van der Waals surface area contributed by atoms with Crippen LogP contribution in [0.4, 0.5) is 0 Å². The van der Waals surface area contributed by atoms with E-state index >= 15 is 0 Å². The predicted octanol–water partition coefficient (Wildman–Crippen LogP) is 4.15. The summed E-state index contributed by atoms with van der Waals surface area (Å²) >= 11 is 0. The van der Waals surface area contributed by atoms with E-state index in [1.165, 1.54) is 12.0 Å². The highest BCUT2D eigenvalue weighted by Crippen LogP contribution is 2.24. The highest BCUT2D eigenvalue weighted by atomic mass is 16.1. The molecule has 3 heterocycles. The van der Waals surface area contributed by atoms with Crippen molar-refractivity contribution in [2.45, 2.75) is 32.9 Å². The largest absolute Gasteiger partial charge is 0.354 e. The molecule has 0 aliphatic carbocycles. The zero-order valence-electron chi connectivity index (χ0n) is 17.0. The summed E-state index contributed by atoms with van der Waals surface area (Å²) in [6.45, 7) is 7.00. The zero-order chi connectivity index (χ0) is 20.2. The molecule has 1 saturated heterocycles. The number of hydrogen-bond acceptors (Lipinski definition) is 3. The summed E-state index contributed by atoms with van der Waals surface area (Å²) in [6.07, 6.45) is 1.18. The maximum Gasteiger partial charge on any atom is 0.257 e. The number of hydrogen-bond donors (Lipinski definition) is 4. The number of H-pyrrole nitrogens is 2. The van der Waals surface area contributed by atoms with Crippen molar-refractivity contribution >= 4 is 21.8 Å². The molecule has 150 valence electrons. The second-order valence-corrected chi connectivity index (χ2v) is 7.27. The molecule has 2 aromatic carbocycles. The molecule has 0 spiro atoms. The van der Waals surface area contributed by atoms with Crippen LogP contribution in [0.1, 0.15) is 25.8 Å². The summed E-state index contributed by atoms with van der Waals surface area (Å²) in [5, 5.41) is 9.14. The molecule has 2 aromatic heterocycles. The van der Waals surface area contributed by atoms with Crippen LogP contribution in [0, 0.1) is 0 Å². The summed E-state index contributed by atoms with van der Waals surface area (Å²) in [5.41, 5.74) is 4.60. The Morgan fingerprint density at radius 1 is 0.966 bits per heavy atom. The van der Waals surface area contributed by atoms with Crippen LogP contribution in [-0.2, 0) is 6.54 Å². The standard InChI is InChI=1S/C22H22N4O.C2H6/c27-22-18(10-15-3-1-2-4-19(15)26-22)21-11-16-9-14(5-6-20(16)25-21)12-24-17-7-8-23-13-17;1-2/h1-6,9-11,17,23-25H,7-8,12-13H2,(H,26,27);1-2H3. The van der Waals surface area contributed by atoms with Gasteiger partial charge in [-0.05, 0) is 54.2 Å². The fourth-order valence-corrected chi connectivity index (χ4v) is 3.88. The van der Waals surface area contributed by atoms with Gasteiger partial charge in [0.25, 0.3) is 5.56 Å². The number of pyridine rings is 1. The Balaban J connectivity index is 0.000000994. The third-order valence-electron chi connectivity index (χ3n) is 5.38. The smallest absolute Gasteiger partial charge is 0.257 e. The van der Waals surface area contributed by atoms with E-state index in [1.54, 1.807) is 0 Å². The molecular formula is C24H28N4O. The first-order chi connectivity index (χ1) is 14.3. The average molecular weight is 389 g/mol. The Morgan fingerprint density at radius 3 is 2.62 bits per heavy atom. The van der Waals surface area contributed by atoms with E-state index in [0.717, 1.165) is 47.1 Å². The lowest BCUT2D eigenvalue weighted by molar-refractivity contribution is 0.547. The molecule has 4 N–H and O–H groups in total. The van der Waals surface area contributed by atoms with E-state index in [2.05, 4.69) is 44.9 Å². The third kappa shape index (κ3) is 4.11. The van der Waals surface area contributed by atoms with E-state index < -0.39 is 0 Å². The number of fused-ring (bicyclic) bond motifs is 2. The number of aromatic amines is 2. The maximum atomic E-state index is 12.5. The van der Waals surface area contributed by atoms with Crippen LogP contribution >= 0.6 is 0 Å². The number of para-hydroxylation sites is 1. The molecule has 0 amide bonds. The van der Waals surface area contributed by atoms with Gasteiger partial charge in [-0.2, -0.15) is 0 Å². The van der Waals surface area contributed by atoms with Gasteiger partial charge in [-0.1, -0.05) is 38.1 Å². The Bertz CT molecular complexity index is 1170. The minimum atomic E-state index is -0.0733. The monoisotopic (exact) mass is 388 g/mol. The molecule has 1 aliphatic heterocycles. The van der Waals surface area contributed by atoms with Gasteiger partial charge in [0.05, 0.1) is 11.3 Å². The van der Waals surface area contributed by atoms with Crippen LogP contribution < -0.4 is 16.2 Å². The van der Waals surface area contributed by atoms with Crippen LogP contribution in [0.25, 0.3) is 33.1 Å². The number of nitrogens with one attached hydrogen (secondary N) is 4. The van der Waals surface area contributed by atoms with E-state index in [9.17, 15) is 4.79 Å². The van der Waals surface area contributed by atoms with E-state index in [0.29, 0.717) is 11.6 Å². The van der Waals surface area contributed by atoms with Crippen molar-refractivity contribution in [2.75, 3.05) is 13.1 Å². The summed E-state index contributed by atoms with van der Waals surface area (Å²) in [6, 6.07) is 18.8. The Morgan fingerprint density at radius 2 is 1.79 bits per heavy atom. The molecule has 5 nitrogen and oxygen atoms in total. The average Bonchev–Trinajstić information content (AvgIpc) is 3.42. The molecule has 0 bridgehead atoms. The maximum absolute atomic E-state index is 12.5. The minimum absolute atomic E-state index is 0.0733. The number of aromatic nitrogens is 2. The highest BCUT2D eigenvalue weighted by Gasteiger charge is 2.13. The second kappa shape index (κ2) is 8.64. The van der Waals surface area contributed by atoms with Gasteiger partial charge in [-0.25, -0.2) is 0 Å². The molecule has 29 heavy (non-hydrogen) atoms. The Hall–Kier alpha value is -2.89. The first kappa shape index (κ1) is 19.4. The van der Waals surface area contributed by atoms with Gasteiger partial charge in [0, 0.05) is 35.6 Å². The summed E-state index contributed by atoms with van der Waals surface area (Å²) < 4.78 is 0. The van der Waals surface area contributed by atoms with Crippen molar-refractivity contribution in [3.05, 3.63) is 70.5 Å². The summed E-state index contributed by atoms with van der Waals surface area (Å²) in [4.78, 5) is 18.9. The van der Waals surface area contributed by atoms with Gasteiger partial charge in [-0.15, -0.1) is 0 Å². The molecule has 5 heteroatoms. The van der Waals surface area contributed by atoms with Crippen LogP contribution in [0.3, 0.4) is 0 Å². The molecule has 4 aromatic rings. The van der Waals surface area contributed by atoms with Crippen LogP contribution in [0.15, 0.2) is 59.4 Å². The van der Waals surface area contributed by atoms with Gasteiger partial charge >= 0.3 is 0 Å². The summed E-state index contributed by atoms with van der Waals surface area (Å²) in [5.74, 6) is 0. The van der Waals surface area contributed by atoms with Crippen LogP contribution in [0.2, 0.25) is 0 Å². The molecule has 0 saturated carbocycles. The number of rotatable bonds is 4. The molecule has 1 fully saturated rings. The van der Waals surface area contributed by atoms with Crippen molar-refractivity contribution in [3.63, 3.8) is 0 Å². The molecule has 5 rings (SSSR count). The lowest BCUT2D eigenvalue weighted by atomic mass is 10.1. The lowest BCUT2D eigenvalue weighted by Crippen LogP contribution is -2.30. The first-order valence-electron chi connectivity index (χ1n) is 10.4. The summed E-state index contributed by atoms with van der Waals surface area (Å²) in [7, 11) is 0. The highest BCUT2D eigenvalue weighted by molar-refractivity contribution is 5.89. The van der Waals surface area contributed by atoms with Gasteiger partial charge in [0.2, 0.25) is 0 Å². The Labute approximate surface area is 170 Å². The Kier molecular flexibility index (Phi) is 5.79. The quantitative estimate of drug-likeness (QED) is 0.424. The van der Waals surface area contributed by atoms with Gasteiger partial charge < -0.3 is 20.6 Å². The van der Waals surface area contributed by atoms with Crippen molar-refractivity contribution in [1.82, 2.24) is 20.6 Å². The molecule has 1 unspecified atom stereocenters. The van der Waals surface area contributed by atoms with Crippen molar-refractivity contribution in [1.29, 1.82) is 0 Å². The normalized spacial score (nSPS) is 16.1. The third-order valence-corrected chi connectivity index (χ3v) is 5.38. The van der Waals surface area contributed by atoms with Crippen molar-refractivity contribution < 1.29 is 0 Å². The molecule has 1 atom stereocenters. The minimum Gasteiger partial charge on any atom is -0.354 e. The topological polar surface area (TPSA) is 72.7 Å². The SMILES string of the molecule is CC.O=c1[nH]c2ccccc2cc1-c1cc2cc(CNC3CCNC3)ccc2[nH]1. The first-order valence-corrected chi connectivity index (χ1v) is 10.4. The lowest BCUT2D eigenvalue weighted by Gasteiger charge is -2.11. The fraction of sp³-hybridized carbons (Fsp3) is 0.292. The van der Waals surface area contributed by atoms with E-state index in [-0.39, 0.29) is 5.56 Å². The molecular weight excluding hydrogens is 360 g/mol. The second-order valence-electron chi connectivity index (χ2n) is 7.27. The van der Waals surface area contributed by atoms with Crippen molar-refractivity contribution in [3.8, 4) is 11.3 Å². The number of benzene rings is 2. The predicted molar refractivity (Wildman–Crippen MR) is 121 cm³/mol.